The van der Waals surface area contributed by atoms with Crippen molar-refractivity contribution < 1.29 is 24.2 Å². The van der Waals surface area contributed by atoms with Crippen LogP contribution >= 0.6 is 0 Å². The van der Waals surface area contributed by atoms with E-state index in [4.69, 9.17) is 14.6 Å². The highest BCUT2D eigenvalue weighted by atomic mass is 16.5. The minimum atomic E-state index is -1.08. The molecule has 19 heavy (non-hydrogen) atoms. The molecule has 0 radical (unpaired) electrons. The number of carboxylic acids is 1. The first-order valence-corrected chi connectivity index (χ1v) is 5.87. The number of carbonyl (C=O) groups excluding carboxylic acids is 1. The fourth-order valence-corrected chi connectivity index (χ4v) is 1.48. The molecule has 6 heteroatoms. The zero-order valence-corrected chi connectivity index (χ0v) is 10.9. The molecule has 0 aliphatic heterocycles. The molecule has 0 heterocycles. The first kappa shape index (κ1) is 15.0. The molecule has 2 N–H and O–H groups in total. The number of hydrogen-bond donors (Lipinski definition) is 2. The van der Waals surface area contributed by atoms with E-state index < -0.39 is 5.97 Å². The fourth-order valence-electron chi connectivity index (χ4n) is 1.48. The molecule has 6 nitrogen and oxygen atoms in total. The second-order valence-electron chi connectivity index (χ2n) is 3.72. The van der Waals surface area contributed by atoms with E-state index in [1.54, 1.807) is 0 Å². The van der Waals surface area contributed by atoms with E-state index in [1.807, 2.05) is 6.92 Å². The lowest BCUT2D eigenvalue weighted by Crippen LogP contribution is -2.14. The Hall–Kier alpha value is -2.08. The molecule has 0 bridgehead atoms. The van der Waals surface area contributed by atoms with Gasteiger partial charge < -0.3 is 19.9 Å². The van der Waals surface area contributed by atoms with Crippen molar-refractivity contribution >= 4 is 17.6 Å². The molecule has 1 amide bonds. The summed E-state index contributed by atoms with van der Waals surface area (Å²) in [6, 6.07) is 4.38. The maximum Gasteiger partial charge on any atom is 0.339 e. The van der Waals surface area contributed by atoms with Crippen LogP contribution in [-0.4, -0.2) is 37.3 Å². The highest BCUT2D eigenvalue weighted by molar-refractivity contribution is 5.94. The van der Waals surface area contributed by atoms with Gasteiger partial charge in [-0.1, -0.05) is 0 Å². The van der Waals surface area contributed by atoms with E-state index in [0.29, 0.717) is 18.9 Å². The van der Waals surface area contributed by atoms with Crippen LogP contribution in [0.4, 0.5) is 5.69 Å². The molecular weight excluding hydrogens is 250 g/mol. The molecule has 0 spiro atoms. The summed E-state index contributed by atoms with van der Waals surface area (Å²) in [6.45, 7) is 2.77. The van der Waals surface area contributed by atoms with Crippen LogP contribution in [0.25, 0.3) is 0 Å². The molecule has 0 aliphatic rings. The van der Waals surface area contributed by atoms with E-state index in [9.17, 15) is 9.59 Å². The highest BCUT2D eigenvalue weighted by Crippen LogP contribution is 2.23. The van der Waals surface area contributed by atoms with Crippen LogP contribution in [0.1, 0.15) is 23.7 Å². The smallest absolute Gasteiger partial charge is 0.339 e. The SMILES string of the molecule is CCOCCC(=O)Nc1ccc(C(=O)O)c(OC)c1. The van der Waals surface area contributed by atoms with Crippen molar-refractivity contribution in [1.82, 2.24) is 0 Å². The predicted octanol–water partition coefficient (Wildman–Crippen LogP) is 1.76. The Bertz CT molecular complexity index is 458. The van der Waals surface area contributed by atoms with Gasteiger partial charge in [0, 0.05) is 18.4 Å². The minimum absolute atomic E-state index is 0.0508. The summed E-state index contributed by atoms with van der Waals surface area (Å²) in [5, 5.41) is 11.6. The number of rotatable bonds is 7. The number of ether oxygens (including phenoxy) is 2. The van der Waals surface area contributed by atoms with Gasteiger partial charge in [0.15, 0.2) is 0 Å². The Kier molecular flexibility index (Phi) is 5.81. The van der Waals surface area contributed by atoms with Crippen LogP contribution in [0.15, 0.2) is 18.2 Å². The summed E-state index contributed by atoms with van der Waals surface area (Å²) in [5.74, 6) is -1.07. The monoisotopic (exact) mass is 267 g/mol. The fraction of sp³-hybridized carbons (Fsp3) is 0.385. The maximum absolute atomic E-state index is 11.6. The van der Waals surface area contributed by atoms with Crippen molar-refractivity contribution in [3.63, 3.8) is 0 Å². The van der Waals surface area contributed by atoms with Gasteiger partial charge in [0.1, 0.15) is 11.3 Å². The number of carbonyl (C=O) groups is 2. The summed E-state index contributed by atoms with van der Waals surface area (Å²) in [5.41, 5.74) is 0.540. The van der Waals surface area contributed by atoms with Crippen LogP contribution < -0.4 is 10.1 Å². The van der Waals surface area contributed by atoms with Gasteiger partial charge in [-0.15, -0.1) is 0 Å². The number of amides is 1. The topological polar surface area (TPSA) is 84.9 Å². The van der Waals surface area contributed by atoms with Crippen LogP contribution in [-0.2, 0) is 9.53 Å². The van der Waals surface area contributed by atoms with Gasteiger partial charge in [-0.3, -0.25) is 4.79 Å². The van der Waals surface area contributed by atoms with E-state index in [1.165, 1.54) is 25.3 Å². The molecule has 1 aromatic carbocycles. The minimum Gasteiger partial charge on any atom is -0.496 e. The van der Waals surface area contributed by atoms with Crippen molar-refractivity contribution in [3.05, 3.63) is 23.8 Å². The first-order valence-electron chi connectivity index (χ1n) is 5.87. The average molecular weight is 267 g/mol. The standard InChI is InChI=1S/C13H17NO5/c1-3-19-7-6-12(15)14-9-4-5-10(13(16)17)11(8-9)18-2/h4-5,8H,3,6-7H2,1-2H3,(H,14,15)(H,16,17). The molecule has 1 aromatic rings. The second-order valence-corrected chi connectivity index (χ2v) is 3.72. The average Bonchev–Trinajstić information content (AvgIpc) is 2.38. The van der Waals surface area contributed by atoms with Crippen LogP contribution in [0, 0.1) is 0 Å². The molecule has 0 unspecified atom stereocenters. The number of anilines is 1. The van der Waals surface area contributed by atoms with Crippen molar-refractivity contribution in [2.24, 2.45) is 0 Å². The third-order valence-corrected chi connectivity index (χ3v) is 2.39. The van der Waals surface area contributed by atoms with Crippen molar-refractivity contribution in [1.29, 1.82) is 0 Å². The molecule has 0 aliphatic carbocycles. The second kappa shape index (κ2) is 7.38. The summed E-state index contributed by atoms with van der Waals surface area (Å²) in [7, 11) is 1.38. The number of benzene rings is 1. The quantitative estimate of drug-likeness (QED) is 0.735. The lowest BCUT2D eigenvalue weighted by molar-refractivity contribution is -0.117. The van der Waals surface area contributed by atoms with Gasteiger partial charge in [0.05, 0.1) is 20.1 Å². The molecule has 0 fully saturated rings. The van der Waals surface area contributed by atoms with Gasteiger partial charge in [-0.05, 0) is 19.1 Å². The summed E-state index contributed by atoms with van der Waals surface area (Å²) < 4.78 is 10.0. The molecule has 0 saturated carbocycles. The molecule has 0 aromatic heterocycles. The number of methoxy groups -OCH3 is 1. The van der Waals surface area contributed by atoms with Gasteiger partial charge in [0.2, 0.25) is 5.91 Å². The van der Waals surface area contributed by atoms with Crippen molar-refractivity contribution in [2.75, 3.05) is 25.6 Å². The number of hydrogen-bond acceptors (Lipinski definition) is 4. The predicted molar refractivity (Wildman–Crippen MR) is 69.7 cm³/mol. The molecule has 1 rings (SSSR count). The summed E-state index contributed by atoms with van der Waals surface area (Å²) >= 11 is 0. The summed E-state index contributed by atoms with van der Waals surface area (Å²) in [6.07, 6.45) is 0.247. The van der Waals surface area contributed by atoms with Gasteiger partial charge >= 0.3 is 5.97 Å². The number of aromatic carboxylic acids is 1. The Morgan fingerprint density at radius 3 is 2.68 bits per heavy atom. The molecular formula is C13H17NO5. The third-order valence-electron chi connectivity index (χ3n) is 2.39. The van der Waals surface area contributed by atoms with Gasteiger partial charge in [0.25, 0.3) is 0 Å². The highest BCUT2D eigenvalue weighted by Gasteiger charge is 2.12. The van der Waals surface area contributed by atoms with Crippen LogP contribution in [0.5, 0.6) is 5.75 Å². The molecule has 0 atom stereocenters. The van der Waals surface area contributed by atoms with E-state index in [-0.39, 0.29) is 23.6 Å². The van der Waals surface area contributed by atoms with Crippen LogP contribution in [0.2, 0.25) is 0 Å². The van der Waals surface area contributed by atoms with E-state index in [0.717, 1.165) is 0 Å². The zero-order valence-electron chi connectivity index (χ0n) is 10.9. The Morgan fingerprint density at radius 2 is 2.11 bits per heavy atom. The number of nitrogens with one attached hydrogen (secondary N) is 1. The molecule has 104 valence electrons. The number of carboxylic acid groups (broad SMARTS) is 1. The Balaban J connectivity index is 2.69. The molecule has 0 saturated heterocycles. The Morgan fingerprint density at radius 1 is 1.37 bits per heavy atom. The maximum atomic E-state index is 11.6. The normalized spacial score (nSPS) is 10.0. The lowest BCUT2D eigenvalue weighted by Gasteiger charge is -2.09. The van der Waals surface area contributed by atoms with Crippen molar-refractivity contribution in [3.8, 4) is 5.75 Å². The Labute approximate surface area is 111 Å². The van der Waals surface area contributed by atoms with E-state index in [2.05, 4.69) is 5.32 Å². The van der Waals surface area contributed by atoms with Gasteiger partial charge in [-0.25, -0.2) is 4.79 Å². The first-order chi connectivity index (χ1) is 9.08. The lowest BCUT2D eigenvalue weighted by atomic mass is 10.2. The third kappa shape index (κ3) is 4.59. The zero-order chi connectivity index (χ0) is 14.3. The van der Waals surface area contributed by atoms with E-state index >= 15 is 0 Å². The van der Waals surface area contributed by atoms with Crippen molar-refractivity contribution in [2.45, 2.75) is 13.3 Å². The largest absolute Gasteiger partial charge is 0.496 e. The summed E-state index contributed by atoms with van der Waals surface area (Å²) in [4.78, 5) is 22.5. The van der Waals surface area contributed by atoms with Gasteiger partial charge in [-0.2, -0.15) is 0 Å². The van der Waals surface area contributed by atoms with Crippen LogP contribution in [0.3, 0.4) is 0 Å².